The third-order valence-corrected chi connectivity index (χ3v) is 1.98. The Morgan fingerprint density at radius 2 is 2.18 bits per heavy atom. The highest BCUT2D eigenvalue weighted by molar-refractivity contribution is 4.92. The highest BCUT2D eigenvalue weighted by Crippen LogP contribution is 2.20. The molecular weight excluding hydrogens is 136 g/mol. The Morgan fingerprint density at radius 1 is 1.64 bits per heavy atom. The minimum Gasteiger partial charge on any atom is -0.386 e. The molecule has 0 saturated heterocycles. The van der Waals surface area contributed by atoms with Crippen LogP contribution in [-0.2, 0) is 0 Å². The van der Waals surface area contributed by atoms with Crippen LogP contribution in [0.1, 0.15) is 40.0 Å². The molecule has 0 radical (unpaired) electrons. The molecule has 0 aliphatic carbocycles. The van der Waals surface area contributed by atoms with Crippen molar-refractivity contribution < 1.29 is 5.11 Å². The lowest BCUT2D eigenvalue weighted by Gasteiger charge is -2.22. The fourth-order valence-electron chi connectivity index (χ4n) is 1.38. The summed E-state index contributed by atoms with van der Waals surface area (Å²) in [6, 6.07) is 0. The van der Waals surface area contributed by atoms with E-state index in [4.69, 9.17) is 0 Å². The molecule has 0 amide bonds. The fourth-order valence-corrected chi connectivity index (χ4v) is 1.38. The van der Waals surface area contributed by atoms with Crippen molar-refractivity contribution in [2.24, 2.45) is 5.92 Å². The van der Waals surface area contributed by atoms with Gasteiger partial charge in [0.05, 0.1) is 5.60 Å². The normalized spacial score (nSPS) is 18.9. The van der Waals surface area contributed by atoms with Gasteiger partial charge in [-0.15, -0.1) is 6.58 Å². The van der Waals surface area contributed by atoms with Gasteiger partial charge >= 0.3 is 0 Å². The average Bonchev–Trinajstić information content (AvgIpc) is 1.87. The summed E-state index contributed by atoms with van der Waals surface area (Å²) in [5.74, 6) is 0.591. The second-order valence-corrected chi connectivity index (χ2v) is 3.66. The van der Waals surface area contributed by atoms with Crippen molar-refractivity contribution in [2.45, 2.75) is 45.6 Å². The zero-order valence-corrected chi connectivity index (χ0v) is 7.93. The van der Waals surface area contributed by atoms with Gasteiger partial charge in [-0.3, -0.25) is 0 Å². The first kappa shape index (κ1) is 10.7. The van der Waals surface area contributed by atoms with Crippen LogP contribution in [0.3, 0.4) is 0 Å². The van der Waals surface area contributed by atoms with Gasteiger partial charge in [0.15, 0.2) is 0 Å². The van der Waals surface area contributed by atoms with E-state index in [1.54, 1.807) is 6.08 Å². The molecule has 0 rings (SSSR count). The number of aliphatic hydroxyl groups is 1. The smallest absolute Gasteiger partial charge is 0.0799 e. The first-order valence-electron chi connectivity index (χ1n) is 4.38. The standard InChI is InChI=1S/C10H20O/c1-5-7-9(3)8-10(4,11)6-2/h6,9,11H,2,5,7-8H2,1,3-4H3. The van der Waals surface area contributed by atoms with Crippen LogP contribution in [-0.4, -0.2) is 10.7 Å². The largest absolute Gasteiger partial charge is 0.386 e. The zero-order chi connectivity index (χ0) is 8.91. The van der Waals surface area contributed by atoms with Gasteiger partial charge in [-0.1, -0.05) is 32.8 Å². The maximum absolute atomic E-state index is 9.60. The van der Waals surface area contributed by atoms with Crippen LogP contribution in [0.5, 0.6) is 0 Å². The van der Waals surface area contributed by atoms with Gasteiger partial charge in [-0.25, -0.2) is 0 Å². The molecule has 11 heavy (non-hydrogen) atoms. The molecule has 66 valence electrons. The van der Waals surface area contributed by atoms with E-state index in [9.17, 15) is 5.11 Å². The van der Waals surface area contributed by atoms with E-state index in [1.807, 2.05) is 6.92 Å². The summed E-state index contributed by atoms with van der Waals surface area (Å²) in [6.07, 6.45) is 4.82. The van der Waals surface area contributed by atoms with E-state index in [-0.39, 0.29) is 0 Å². The van der Waals surface area contributed by atoms with E-state index in [0.717, 1.165) is 6.42 Å². The monoisotopic (exact) mass is 156 g/mol. The van der Waals surface area contributed by atoms with Crippen molar-refractivity contribution in [1.29, 1.82) is 0 Å². The second kappa shape index (κ2) is 4.55. The van der Waals surface area contributed by atoms with Gasteiger partial charge in [0.2, 0.25) is 0 Å². The first-order valence-corrected chi connectivity index (χ1v) is 4.38. The molecule has 0 aliphatic heterocycles. The van der Waals surface area contributed by atoms with Gasteiger partial charge in [0.25, 0.3) is 0 Å². The molecule has 0 aliphatic rings. The molecule has 0 saturated carbocycles. The van der Waals surface area contributed by atoms with Gasteiger partial charge in [-0.05, 0) is 19.3 Å². The topological polar surface area (TPSA) is 20.2 Å². The SMILES string of the molecule is C=CC(C)(O)CC(C)CCC. The van der Waals surface area contributed by atoms with Crippen LogP contribution in [0.2, 0.25) is 0 Å². The van der Waals surface area contributed by atoms with Crippen molar-refractivity contribution in [3.05, 3.63) is 12.7 Å². The molecule has 2 unspecified atom stereocenters. The lowest BCUT2D eigenvalue weighted by atomic mass is 9.90. The maximum atomic E-state index is 9.60. The molecular formula is C10H20O. The number of rotatable bonds is 5. The molecule has 0 aromatic rings. The Kier molecular flexibility index (Phi) is 4.43. The summed E-state index contributed by atoms with van der Waals surface area (Å²) in [7, 11) is 0. The Labute approximate surface area is 70.1 Å². The maximum Gasteiger partial charge on any atom is 0.0799 e. The van der Waals surface area contributed by atoms with Crippen molar-refractivity contribution >= 4 is 0 Å². The molecule has 0 aromatic heterocycles. The quantitative estimate of drug-likeness (QED) is 0.607. The molecule has 0 heterocycles. The molecule has 1 N–H and O–H groups in total. The van der Waals surface area contributed by atoms with E-state index in [0.29, 0.717) is 5.92 Å². The molecule has 2 atom stereocenters. The number of hydrogen-bond donors (Lipinski definition) is 1. The molecule has 1 heteroatoms. The highest BCUT2D eigenvalue weighted by atomic mass is 16.3. The number of hydrogen-bond acceptors (Lipinski definition) is 1. The van der Waals surface area contributed by atoms with Gasteiger partial charge < -0.3 is 5.11 Å². The van der Waals surface area contributed by atoms with Gasteiger partial charge in [0, 0.05) is 0 Å². The minimum atomic E-state index is -0.672. The van der Waals surface area contributed by atoms with Gasteiger partial charge in [-0.2, -0.15) is 0 Å². The summed E-state index contributed by atoms with van der Waals surface area (Å²) >= 11 is 0. The molecule has 0 fully saturated rings. The van der Waals surface area contributed by atoms with E-state index in [2.05, 4.69) is 20.4 Å². The molecule has 0 aromatic carbocycles. The van der Waals surface area contributed by atoms with Crippen molar-refractivity contribution in [3.63, 3.8) is 0 Å². The highest BCUT2D eigenvalue weighted by Gasteiger charge is 2.18. The van der Waals surface area contributed by atoms with Crippen LogP contribution < -0.4 is 0 Å². The Balaban J connectivity index is 3.72. The van der Waals surface area contributed by atoms with E-state index in [1.165, 1.54) is 12.8 Å². The van der Waals surface area contributed by atoms with Crippen molar-refractivity contribution in [3.8, 4) is 0 Å². The predicted molar refractivity (Wildman–Crippen MR) is 49.5 cm³/mol. The molecule has 1 nitrogen and oxygen atoms in total. The summed E-state index contributed by atoms with van der Waals surface area (Å²) in [5, 5.41) is 9.60. The van der Waals surface area contributed by atoms with Crippen molar-refractivity contribution in [2.75, 3.05) is 0 Å². The van der Waals surface area contributed by atoms with Crippen LogP contribution in [0.15, 0.2) is 12.7 Å². The molecule has 0 bridgehead atoms. The Hall–Kier alpha value is -0.300. The summed E-state index contributed by atoms with van der Waals surface area (Å²) < 4.78 is 0. The molecule has 0 spiro atoms. The lowest BCUT2D eigenvalue weighted by Crippen LogP contribution is -2.23. The first-order chi connectivity index (χ1) is 5.02. The Morgan fingerprint density at radius 3 is 2.55 bits per heavy atom. The predicted octanol–water partition coefficient (Wildman–Crippen LogP) is 2.75. The zero-order valence-electron chi connectivity index (χ0n) is 7.93. The van der Waals surface area contributed by atoms with Gasteiger partial charge in [0.1, 0.15) is 0 Å². The van der Waals surface area contributed by atoms with Crippen LogP contribution in [0.25, 0.3) is 0 Å². The lowest BCUT2D eigenvalue weighted by molar-refractivity contribution is 0.0835. The van der Waals surface area contributed by atoms with Crippen molar-refractivity contribution in [1.82, 2.24) is 0 Å². The Bertz CT molecular complexity index is 116. The third kappa shape index (κ3) is 5.02. The van der Waals surface area contributed by atoms with E-state index >= 15 is 0 Å². The fraction of sp³-hybridized carbons (Fsp3) is 0.800. The average molecular weight is 156 g/mol. The van der Waals surface area contributed by atoms with Crippen LogP contribution in [0, 0.1) is 5.92 Å². The third-order valence-electron chi connectivity index (χ3n) is 1.98. The minimum absolute atomic E-state index is 0.591. The second-order valence-electron chi connectivity index (χ2n) is 3.66. The summed E-state index contributed by atoms with van der Waals surface area (Å²) in [6.45, 7) is 9.74. The summed E-state index contributed by atoms with van der Waals surface area (Å²) in [4.78, 5) is 0. The van der Waals surface area contributed by atoms with Crippen LogP contribution >= 0.6 is 0 Å². The summed E-state index contributed by atoms with van der Waals surface area (Å²) in [5.41, 5.74) is -0.672. The van der Waals surface area contributed by atoms with Crippen LogP contribution in [0.4, 0.5) is 0 Å². The van der Waals surface area contributed by atoms with E-state index < -0.39 is 5.60 Å².